The Morgan fingerprint density at radius 2 is 2.07 bits per heavy atom. The molecule has 1 heterocycles. The van der Waals surface area contributed by atoms with E-state index in [1.54, 1.807) is 11.8 Å². The van der Waals surface area contributed by atoms with Crippen LogP contribution in [0.3, 0.4) is 0 Å². The molecule has 0 aliphatic heterocycles. The molecule has 0 unspecified atom stereocenters. The van der Waals surface area contributed by atoms with Crippen molar-refractivity contribution in [1.82, 2.24) is 10.1 Å². The lowest BCUT2D eigenvalue weighted by Crippen LogP contribution is -2.34. The average molecular weight is 251 g/mol. The van der Waals surface area contributed by atoms with Gasteiger partial charge in [-0.15, -0.1) is 23.2 Å². The van der Waals surface area contributed by atoms with E-state index >= 15 is 0 Å². The first-order valence-corrected chi connectivity index (χ1v) is 5.60. The first-order chi connectivity index (χ1) is 7.20. The second-order valence-corrected chi connectivity index (χ2v) is 3.72. The van der Waals surface area contributed by atoms with Crippen LogP contribution in [0.1, 0.15) is 16.1 Å². The molecule has 1 aromatic heterocycles. The van der Waals surface area contributed by atoms with Gasteiger partial charge in [0.25, 0.3) is 5.91 Å². The highest BCUT2D eigenvalue weighted by Crippen LogP contribution is 2.10. The summed E-state index contributed by atoms with van der Waals surface area (Å²) in [6.07, 6.45) is 1.41. The summed E-state index contributed by atoms with van der Waals surface area (Å²) >= 11 is 11.2. The van der Waals surface area contributed by atoms with Crippen LogP contribution in [0.2, 0.25) is 0 Å². The van der Waals surface area contributed by atoms with Gasteiger partial charge in [0.2, 0.25) is 0 Å². The molecule has 0 aliphatic carbocycles. The van der Waals surface area contributed by atoms with Gasteiger partial charge in [-0.1, -0.05) is 5.16 Å². The lowest BCUT2D eigenvalue weighted by molar-refractivity contribution is 0.0773. The zero-order valence-corrected chi connectivity index (χ0v) is 9.88. The van der Waals surface area contributed by atoms with Crippen LogP contribution in [0, 0.1) is 6.92 Å². The molecule has 1 aromatic rings. The van der Waals surface area contributed by atoms with Crippen molar-refractivity contribution in [3.05, 3.63) is 17.5 Å². The SMILES string of the molecule is Cc1oncc1C(=O)N(CCCl)CCCl. The quantitative estimate of drug-likeness (QED) is 0.751. The second-order valence-electron chi connectivity index (χ2n) is 2.97. The van der Waals surface area contributed by atoms with Crippen LogP contribution in [0.15, 0.2) is 10.7 Å². The molecular weight excluding hydrogens is 239 g/mol. The van der Waals surface area contributed by atoms with E-state index in [-0.39, 0.29) is 5.91 Å². The highest BCUT2D eigenvalue weighted by molar-refractivity contribution is 6.18. The monoisotopic (exact) mass is 250 g/mol. The van der Waals surface area contributed by atoms with Crippen LogP contribution in [0.4, 0.5) is 0 Å². The molecule has 1 rings (SSSR count). The van der Waals surface area contributed by atoms with Crippen LogP contribution in [0.5, 0.6) is 0 Å². The molecular formula is C9H12Cl2N2O2. The Hall–Kier alpha value is -0.740. The normalized spacial score (nSPS) is 10.3. The number of carbonyl (C=O) groups excluding carboxylic acids is 1. The van der Waals surface area contributed by atoms with E-state index in [0.29, 0.717) is 36.2 Å². The van der Waals surface area contributed by atoms with Crippen molar-refractivity contribution in [3.8, 4) is 0 Å². The molecule has 0 atom stereocenters. The number of alkyl halides is 2. The number of nitrogens with zero attached hydrogens (tertiary/aromatic N) is 2. The van der Waals surface area contributed by atoms with Gasteiger partial charge in [-0.25, -0.2) is 0 Å². The fraction of sp³-hybridized carbons (Fsp3) is 0.556. The summed E-state index contributed by atoms with van der Waals surface area (Å²) in [6.45, 7) is 2.63. The van der Waals surface area contributed by atoms with Gasteiger partial charge in [0.1, 0.15) is 11.3 Å². The minimum Gasteiger partial charge on any atom is -0.361 e. The molecule has 0 radical (unpaired) electrons. The van der Waals surface area contributed by atoms with Crippen LogP contribution in [-0.4, -0.2) is 40.8 Å². The Balaban J connectivity index is 2.76. The zero-order chi connectivity index (χ0) is 11.3. The number of amides is 1. The molecule has 6 heteroatoms. The van der Waals surface area contributed by atoms with E-state index in [4.69, 9.17) is 27.7 Å². The second kappa shape index (κ2) is 5.98. The van der Waals surface area contributed by atoms with Gasteiger partial charge < -0.3 is 9.42 Å². The maximum atomic E-state index is 11.9. The maximum Gasteiger partial charge on any atom is 0.259 e. The molecule has 0 aliphatic rings. The van der Waals surface area contributed by atoms with Gasteiger partial charge in [-0.3, -0.25) is 4.79 Å². The number of halogens is 2. The van der Waals surface area contributed by atoms with Gasteiger partial charge >= 0.3 is 0 Å². The Morgan fingerprint density at radius 3 is 2.47 bits per heavy atom. The zero-order valence-electron chi connectivity index (χ0n) is 8.37. The molecule has 0 aromatic carbocycles. The highest BCUT2D eigenvalue weighted by atomic mass is 35.5. The van der Waals surface area contributed by atoms with Gasteiger partial charge in [-0.05, 0) is 6.92 Å². The molecule has 0 saturated heterocycles. The Morgan fingerprint density at radius 1 is 1.47 bits per heavy atom. The number of aromatic nitrogens is 1. The maximum absolute atomic E-state index is 11.9. The van der Waals surface area contributed by atoms with Gasteiger partial charge in [0.05, 0.1) is 6.20 Å². The summed E-state index contributed by atoms with van der Waals surface area (Å²) in [5, 5.41) is 3.56. The van der Waals surface area contributed by atoms with Gasteiger partial charge in [0.15, 0.2) is 0 Å². The predicted molar refractivity (Wildman–Crippen MR) is 58.6 cm³/mol. The van der Waals surface area contributed by atoms with E-state index in [9.17, 15) is 4.79 Å². The molecule has 0 N–H and O–H groups in total. The Bertz CT molecular complexity index is 322. The van der Waals surface area contributed by atoms with Crippen molar-refractivity contribution in [3.63, 3.8) is 0 Å². The molecule has 1 amide bonds. The lowest BCUT2D eigenvalue weighted by atomic mass is 10.2. The minimum absolute atomic E-state index is 0.143. The molecule has 84 valence electrons. The molecule has 0 spiro atoms. The smallest absolute Gasteiger partial charge is 0.259 e. The molecule has 0 bridgehead atoms. The van der Waals surface area contributed by atoms with Crippen molar-refractivity contribution in [2.24, 2.45) is 0 Å². The van der Waals surface area contributed by atoms with Crippen molar-refractivity contribution in [2.45, 2.75) is 6.92 Å². The number of hydrogen-bond donors (Lipinski definition) is 0. The largest absolute Gasteiger partial charge is 0.361 e. The fourth-order valence-electron chi connectivity index (χ4n) is 1.19. The number of rotatable bonds is 5. The van der Waals surface area contributed by atoms with Crippen LogP contribution in [0.25, 0.3) is 0 Å². The molecule has 0 fully saturated rings. The van der Waals surface area contributed by atoms with Crippen molar-refractivity contribution in [2.75, 3.05) is 24.8 Å². The molecule has 15 heavy (non-hydrogen) atoms. The van der Waals surface area contributed by atoms with Gasteiger partial charge in [-0.2, -0.15) is 0 Å². The van der Waals surface area contributed by atoms with Crippen molar-refractivity contribution >= 4 is 29.1 Å². The first-order valence-electron chi connectivity index (χ1n) is 4.53. The van der Waals surface area contributed by atoms with E-state index in [2.05, 4.69) is 5.16 Å². The summed E-state index contributed by atoms with van der Waals surface area (Å²) in [7, 11) is 0. The van der Waals surface area contributed by atoms with E-state index in [0.717, 1.165) is 0 Å². The third kappa shape index (κ3) is 3.11. The van der Waals surface area contributed by atoms with Crippen LogP contribution < -0.4 is 0 Å². The highest BCUT2D eigenvalue weighted by Gasteiger charge is 2.19. The fourth-order valence-corrected chi connectivity index (χ4v) is 1.60. The van der Waals surface area contributed by atoms with E-state index in [1.165, 1.54) is 6.20 Å². The topological polar surface area (TPSA) is 46.3 Å². The molecule has 4 nitrogen and oxygen atoms in total. The predicted octanol–water partition coefficient (Wildman–Crippen LogP) is 1.90. The average Bonchev–Trinajstić information content (AvgIpc) is 2.63. The number of hydrogen-bond acceptors (Lipinski definition) is 3. The standard InChI is InChI=1S/C9H12Cl2N2O2/c1-7-8(6-12-15-7)9(14)13(4-2-10)5-3-11/h6H,2-5H2,1H3. The van der Waals surface area contributed by atoms with Crippen LogP contribution in [-0.2, 0) is 0 Å². The minimum atomic E-state index is -0.143. The summed E-state index contributed by atoms with van der Waals surface area (Å²) in [6, 6.07) is 0. The summed E-state index contributed by atoms with van der Waals surface area (Å²) in [4.78, 5) is 13.5. The van der Waals surface area contributed by atoms with Crippen molar-refractivity contribution < 1.29 is 9.32 Å². The summed E-state index contributed by atoms with van der Waals surface area (Å²) in [5.41, 5.74) is 0.463. The first kappa shape index (κ1) is 12.3. The summed E-state index contributed by atoms with van der Waals surface area (Å²) in [5.74, 6) is 1.13. The number of aryl methyl sites for hydroxylation is 1. The summed E-state index contributed by atoms with van der Waals surface area (Å²) < 4.78 is 4.83. The van der Waals surface area contributed by atoms with Gasteiger partial charge in [0, 0.05) is 24.8 Å². The third-order valence-corrected chi connectivity index (χ3v) is 2.32. The Kier molecular flexibility index (Phi) is 4.91. The molecule has 0 saturated carbocycles. The third-order valence-electron chi connectivity index (χ3n) is 1.98. The van der Waals surface area contributed by atoms with E-state index < -0.39 is 0 Å². The van der Waals surface area contributed by atoms with E-state index in [1.807, 2.05) is 0 Å². The number of carbonyl (C=O) groups is 1. The Labute approximate surface area is 98.1 Å². The lowest BCUT2D eigenvalue weighted by Gasteiger charge is -2.19. The van der Waals surface area contributed by atoms with Crippen LogP contribution >= 0.6 is 23.2 Å². The van der Waals surface area contributed by atoms with Crippen molar-refractivity contribution in [1.29, 1.82) is 0 Å².